The van der Waals surface area contributed by atoms with Crippen molar-refractivity contribution in [1.82, 2.24) is 15.3 Å². The minimum atomic E-state index is -0.292. The van der Waals surface area contributed by atoms with Crippen LogP contribution in [0.1, 0.15) is 28.5 Å². The summed E-state index contributed by atoms with van der Waals surface area (Å²) in [6, 6.07) is 16.7. The highest BCUT2D eigenvalue weighted by molar-refractivity contribution is 5.93. The van der Waals surface area contributed by atoms with Gasteiger partial charge in [-0.25, -0.2) is 14.4 Å². The Kier molecular flexibility index (Phi) is 5.02. The van der Waals surface area contributed by atoms with Gasteiger partial charge in [0.2, 0.25) is 0 Å². The number of benzene rings is 2. The number of hydrogen-bond acceptors (Lipinski definition) is 4. The Balaban J connectivity index is 1.47. The summed E-state index contributed by atoms with van der Waals surface area (Å²) in [5, 5.41) is 2.81. The largest absolute Gasteiger partial charge is 0.350 e. The lowest BCUT2D eigenvalue weighted by Gasteiger charge is -2.23. The van der Waals surface area contributed by atoms with E-state index in [0.717, 1.165) is 12.1 Å². The van der Waals surface area contributed by atoms with Crippen molar-refractivity contribution in [2.45, 2.75) is 25.8 Å². The van der Waals surface area contributed by atoms with Crippen LogP contribution in [-0.2, 0) is 12.8 Å². The monoisotopic (exact) mass is 376 g/mol. The van der Waals surface area contributed by atoms with Crippen molar-refractivity contribution in [3.05, 3.63) is 83.6 Å². The molecule has 0 bridgehead atoms. The molecule has 0 spiro atoms. The van der Waals surface area contributed by atoms with E-state index >= 15 is 0 Å². The zero-order valence-corrected chi connectivity index (χ0v) is 15.6. The number of hydrogen-bond donors (Lipinski definition) is 1. The van der Waals surface area contributed by atoms with Crippen LogP contribution in [0.25, 0.3) is 0 Å². The summed E-state index contributed by atoms with van der Waals surface area (Å²) in [5.74, 6) is 0.148. The molecule has 2 aromatic carbocycles. The van der Waals surface area contributed by atoms with E-state index < -0.39 is 0 Å². The molecule has 5 nitrogen and oxygen atoms in total. The number of para-hydroxylation sites is 1. The number of carbonyl (C=O) groups is 1. The molecular formula is C22H21FN4O. The van der Waals surface area contributed by atoms with Crippen LogP contribution in [0.15, 0.2) is 60.9 Å². The van der Waals surface area contributed by atoms with Gasteiger partial charge in [0.1, 0.15) is 23.7 Å². The fraction of sp³-hybridized carbons (Fsp3) is 0.227. The Morgan fingerprint density at radius 1 is 1.18 bits per heavy atom. The van der Waals surface area contributed by atoms with Gasteiger partial charge in [0, 0.05) is 24.3 Å². The number of fused-ring (bicyclic) bond motifs is 1. The summed E-state index contributed by atoms with van der Waals surface area (Å²) >= 11 is 0. The summed E-state index contributed by atoms with van der Waals surface area (Å²) in [6.07, 6.45) is 2.77. The first kappa shape index (κ1) is 18.1. The third kappa shape index (κ3) is 3.58. The predicted octanol–water partition coefficient (Wildman–Crippen LogP) is 3.67. The van der Waals surface area contributed by atoms with Gasteiger partial charge < -0.3 is 10.2 Å². The van der Waals surface area contributed by atoms with Crippen molar-refractivity contribution in [2.24, 2.45) is 0 Å². The van der Waals surface area contributed by atoms with Crippen LogP contribution in [0.4, 0.5) is 15.9 Å². The summed E-state index contributed by atoms with van der Waals surface area (Å²) < 4.78 is 13.7. The summed E-state index contributed by atoms with van der Waals surface area (Å²) in [6.45, 7) is 2.47. The second-order valence-electron chi connectivity index (χ2n) is 6.91. The Labute approximate surface area is 163 Å². The molecule has 1 atom stereocenters. The molecule has 3 aromatic rings. The van der Waals surface area contributed by atoms with E-state index in [1.165, 1.54) is 18.0 Å². The van der Waals surface area contributed by atoms with Crippen molar-refractivity contribution in [3.63, 3.8) is 0 Å². The number of carbonyl (C=O) groups excluding carboxylic acids is 1. The maximum absolute atomic E-state index is 13.7. The molecule has 6 heteroatoms. The fourth-order valence-electron chi connectivity index (χ4n) is 3.62. The van der Waals surface area contributed by atoms with E-state index in [2.05, 4.69) is 39.2 Å². The molecule has 4 rings (SSSR count). The van der Waals surface area contributed by atoms with E-state index in [-0.39, 0.29) is 17.8 Å². The van der Waals surface area contributed by atoms with Crippen LogP contribution >= 0.6 is 0 Å². The Morgan fingerprint density at radius 3 is 2.82 bits per heavy atom. The highest BCUT2D eigenvalue weighted by atomic mass is 19.1. The van der Waals surface area contributed by atoms with Crippen molar-refractivity contribution in [1.29, 1.82) is 0 Å². The standard InChI is InChI=1S/C22H21FN4O/c1-15-12-17-7-3-5-9-20(17)27(15)21-13-19(25-14-26-21)22(28)24-11-10-16-6-2-4-8-18(16)23/h2-9,13-15H,10-12H2,1H3,(H,24,28). The number of amides is 1. The van der Waals surface area contributed by atoms with E-state index in [0.29, 0.717) is 30.0 Å². The molecule has 2 heterocycles. The Morgan fingerprint density at radius 2 is 1.96 bits per heavy atom. The second kappa shape index (κ2) is 7.76. The minimum absolute atomic E-state index is 0.254. The molecule has 1 unspecified atom stereocenters. The topological polar surface area (TPSA) is 58.1 Å². The highest BCUT2D eigenvalue weighted by Gasteiger charge is 2.28. The average molecular weight is 376 g/mol. The maximum atomic E-state index is 13.7. The van der Waals surface area contributed by atoms with Gasteiger partial charge in [-0.05, 0) is 43.0 Å². The highest BCUT2D eigenvalue weighted by Crippen LogP contribution is 2.36. The van der Waals surface area contributed by atoms with Gasteiger partial charge in [-0.1, -0.05) is 36.4 Å². The smallest absolute Gasteiger partial charge is 0.270 e. The van der Waals surface area contributed by atoms with Gasteiger partial charge in [0.05, 0.1) is 0 Å². The number of anilines is 2. The maximum Gasteiger partial charge on any atom is 0.270 e. The summed E-state index contributed by atoms with van der Waals surface area (Å²) in [7, 11) is 0. The van der Waals surface area contributed by atoms with Crippen LogP contribution in [0.5, 0.6) is 0 Å². The zero-order valence-electron chi connectivity index (χ0n) is 15.6. The van der Waals surface area contributed by atoms with Crippen LogP contribution in [0.3, 0.4) is 0 Å². The number of aromatic nitrogens is 2. The van der Waals surface area contributed by atoms with Crippen LogP contribution in [-0.4, -0.2) is 28.5 Å². The number of nitrogens with zero attached hydrogens (tertiary/aromatic N) is 3. The molecule has 1 amide bonds. The van der Waals surface area contributed by atoms with E-state index in [4.69, 9.17) is 0 Å². The van der Waals surface area contributed by atoms with Crippen molar-refractivity contribution in [3.8, 4) is 0 Å². The molecule has 0 aliphatic carbocycles. The first-order chi connectivity index (χ1) is 13.6. The first-order valence-corrected chi connectivity index (χ1v) is 9.34. The zero-order chi connectivity index (χ0) is 19.5. The van der Waals surface area contributed by atoms with Gasteiger partial charge in [-0.15, -0.1) is 0 Å². The lowest BCUT2D eigenvalue weighted by molar-refractivity contribution is 0.0949. The second-order valence-corrected chi connectivity index (χ2v) is 6.91. The van der Waals surface area contributed by atoms with Crippen molar-refractivity contribution < 1.29 is 9.18 Å². The normalized spacial score (nSPS) is 15.4. The predicted molar refractivity (Wildman–Crippen MR) is 106 cm³/mol. The van der Waals surface area contributed by atoms with Gasteiger partial charge in [0.25, 0.3) is 5.91 Å². The number of rotatable bonds is 5. The molecule has 1 aliphatic rings. The van der Waals surface area contributed by atoms with Crippen LogP contribution < -0.4 is 10.2 Å². The Hall–Kier alpha value is -3.28. The van der Waals surface area contributed by atoms with E-state index in [9.17, 15) is 9.18 Å². The minimum Gasteiger partial charge on any atom is -0.350 e. The van der Waals surface area contributed by atoms with Gasteiger partial charge >= 0.3 is 0 Å². The molecule has 28 heavy (non-hydrogen) atoms. The first-order valence-electron chi connectivity index (χ1n) is 9.34. The number of nitrogens with one attached hydrogen (secondary N) is 1. The number of halogens is 1. The third-order valence-electron chi connectivity index (χ3n) is 4.98. The molecule has 142 valence electrons. The lowest BCUT2D eigenvalue weighted by atomic mass is 10.1. The summed E-state index contributed by atoms with van der Waals surface area (Å²) in [5.41, 5.74) is 3.26. The lowest BCUT2D eigenvalue weighted by Crippen LogP contribution is -2.28. The Bertz CT molecular complexity index is 1010. The fourth-order valence-corrected chi connectivity index (χ4v) is 3.62. The SMILES string of the molecule is CC1Cc2ccccc2N1c1cc(C(=O)NCCc2ccccc2F)ncn1. The molecule has 0 saturated heterocycles. The van der Waals surface area contributed by atoms with Crippen molar-refractivity contribution >= 4 is 17.4 Å². The summed E-state index contributed by atoms with van der Waals surface area (Å²) in [4.78, 5) is 23.1. The molecule has 1 aromatic heterocycles. The van der Waals surface area contributed by atoms with Crippen LogP contribution in [0, 0.1) is 5.82 Å². The van der Waals surface area contributed by atoms with Crippen molar-refractivity contribution in [2.75, 3.05) is 11.4 Å². The van der Waals surface area contributed by atoms with E-state index in [1.54, 1.807) is 24.3 Å². The molecule has 0 radical (unpaired) electrons. The average Bonchev–Trinajstić information content (AvgIpc) is 3.05. The van der Waals surface area contributed by atoms with Crippen LogP contribution in [0.2, 0.25) is 0 Å². The van der Waals surface area contributed by atoms with Gasteiger partial charge in [-0.2, -0.15) is 0 Å². The van der Waals surface area contributed by atoms with Gasteiger partial charge in [-0.3, -0.25) is 4.79 Å². The van der Waals surface area contributed by atoms with E-state index in [1.807, 2.05) is 12.1 Å². The third-order valence-corrected chi connectivity index (χ3v) is 4.98. The quantitative estimate of drug-likeness (QED) is 0.738. The molecule has 1 aliphatic heterocycles. The molecule has 0 saturated carbocycles. The van der Waals surface area contributed by atoms with Gasteiger partial charge in [0.15, 0.2) is 0 Å². The molecular weight excluding hydrogens is 355 g/mol. The molecule has 1 N–H and O–H groups in total. The molecule has 0 fully saturated rings.